The van der Waals surface area contributed by atoms with Crippen LogP contribution in [0.3, 0.4) is 0 Å². The third-order valence-electron chi connectivity index (χ3n) is 5.71. The van der Waals surface area contributed by atoms with Crippen LogP contribution in [0.4, 0.5) is 5.13 Å². The van der Waals surface area contributed by atoms with Gasteiger partial charge < -0.3 is 9.84 Å². The van der Waals surface area contributed by atoms with Gasteiger partial charge in [0.15, 0.2) is 5.13 Å². The Morgan fingerprint density at radius 2 is 1.85 bits per heavy atom. The number of ketones is 1. The minimum atomic E-state index is -0.887. The van der Waals surface area contributed by atoms with E-state index in [0.717, 1.165) is 15.8 Å². The molecule has 5 rings (SSSR count). The van der Waals surface area contributed by atoms with E-state index in [9.17, 15) is 14.7 Å². The van der Waals surface area contributed by atoms with Gasteiger partial charge in [0.2, 0.25) is 0 Å². The number of nitrogens with zero attached hydrogens (tertiary/aromatic N) is 2. The monoisotopic (exact) mass is 490 g/mol. The maximum absolute atomic E-state index is 13.3. The molecule has 0 bridgehead atoms. The Morgan fingerprint density at radius 1 is 1.09 bits per heavy atom. The average Bonchev–Trinajstić information content (AvgIpc) is 3.36. The largest absolute Gasteiger partial charge is 0.507 e. The van der Waals surface area contributed by atoms with Gasteiger partial charge in [0.1, 0.15) is 11.5 Å². The lowest BCUT2D eigenvalue weighted by molar-refractivity contribution is -0.132. The Balaban J connectivity index is 1.72. The first-order valence-corrected chi connectivity index (χ1v) is 11.6. The van der Waals surface area contributed by atoms with E-state index in [4.69, 9.17) is 16.3 Å². The second-order valence-electron chi connectivity index (χ2n) is 7.92. The van der Waals surface area contributed by atoms with Crippen molar-refractivity contribution in [1.82, 2.24) is 4.98 Å². The summed E-state index contributed by atoms with van der Waals surface area (Å²) in [4.78, 5) is 32.6. The number of halogens is 1. The molecule has 34 heavy (non-hydrogen) atoms. The molecule has 1 aliphatic rings. The van der Waals surface area contributed by atoms with Gasteiger partial charge >= 0.3 is 5.91 Å². The number of rotatable bonds is 4. The summed E-state index contributed by atoms with van der Waals surface area (Å²) in [5.41, 5.74) is 2.76. The fourth-order valence-electron chi connectivity index (χ4n) is 4.05. The number of aliphatic hydroxyl groups is 1. The van der Waals surface area contributed by atoms with E-state index in [0.29, 0.717) is 27.0 Å². The van der Waals surface area contributed by atoms with Crippen molar-refractivity contribution in [3.8, 4) is 5.75 Å². The molecule has 2 heterocycles. The summed E-state index contributed by atoms with van der Waals surface area (Å²) in [5.74, 6) is -1.21. The van der Waals surface area contributed by atoms with E-state index in [1.54, 1.807) is 55.6 Å². The maximum Gasteiger partial charge on any atom is 0.301 e. The first kappa shape index (κ1) is 22.1. The molecule has 0 unspecified atom stereocenters. The minimum Gasteiger partial charge on any atom is -0.507 e. The molecular formula is C26H19ClN2O4S. The molecule has 1 N–H and O–H groups in total. The topological polar surface area (TPSA) is 79.7 Å². The highest BCUT2D eigenvalue weighted by Crippen LogP contribution is 2.44. The van der Waals surface area contributed by atoms with Crippen LogP contribution in [-0.4, -0.2) is 28.9 Å². The van der Waals surface area contributed by atoms with Gasteiger partial charge in [-0.3, -0.25) is 14.5 Å². The highest BCUT2D eigenvalue weighted by molar-refractivity contribution is 7.22. The number of aryl methyl sites for hydroxylation is 1. The first-order chi connectivity index (χ1) is 16.4. The van der Waals surface area contributed by atoms with Gasteiger partial charge in [-0.15, -0.1) is 0 Å². The Bertz CT molecular complexity index is 1480. The minimum absolute atomic E-state index is 0.0205. The molecule has 1 aromatic heterocycles. The van der Waals surface area contributed by atoms with Crippen molar-refractivity contribution in [3.63, 3.8) is 0 Å². The number of aromatic nitrogens is 1. The summed E-state index contributed by atoms with van der Waals surface area (Å²) < 4.78 is 6.08. The quantitative estimate of drug-likeness (QED) is 0.219. The number of aliphatic hydroxyl groups excluding tert-OH is 1. The zero-order valence-corrected chi connectivity index (χ0v) is 19.9. The second kappa shape index (κ2) is 8.59. The zero-order valence-electron chi connectivity index (χ0n) is 18.3. The summed E-state index contributed by atoms with van der Waals surface area (Å²) in [6.45, 7) is 1.98. The van der Waals surface area contributed by atoms with Crippen molar-refractivity contribution in [2.24, 2.45) is 0 Å². The van der Waals surface area contributed by atoms with Crippen LogP contribution in [0, 0.1) is 6.92 Å². The smallest absolute Gasteiger partial charge is 0.301 e. The third kappa shape index (κ3) is 3.73. The van der Waals surface area contributed by atoms with Crippen molar-refractivity contribution < 1.29 is 19.4 Å². The molecule has 0 spiro atoms. The van der Waals surface area contributed by atoms with Crippen molar-refractivity contribution in [2.75, 3.05) is 12.0 Å². The summed E-state index contributed by atoms with van der Waals surface area (Å²) in [5, 5.41) is 12.0. The van der Waals surface area contributed by atoms with E-state index in [2.05, 4.69) is 4.98 Å². The average molecular weight is 491 g/mol. The Kier molecular flexibility index (Phi) is 5.59. The van der Waals surface area contributed by atoms with E-state index in [1.165, 1.54) is 16.2 Å². The number of carbonyl (C=O) groups is 2. The molecule has 1 amide bonds. The van der Waals surface area contributed by atoms with Crippen LogP contribution in [0.1, 0.15) is 22.7 Å². The molecule has 0 saturated carbocycles. The molecule has 6 nitrogen and oxygen atoms in total. The van der Waals surface area contributed by atoms with Gasteiger partial charge in [0.25, 0.3) is 5.78 Å². The molecule has 3 aromatic carbocycles. The normalized spacial score (nSPS) is 17.5. The number of hydrogen-bond acceptors (Lipinski definition) is 6. The van der Waals surface area contributed by atoms with Gasteiger partial charge in [-0.2, -0.15) is 0 Å². The molecule has 1 fully saturated rings. The molecule has 170 valence electrons. The molecule has 8 heteroatoms. The number of amides is 1. The van der Waals surface area contributed by atoms with Crippen molar-refractivity contribution >= 4 is 55.7 Å². The van der Waals surface area contributed by atoms with Crippen LogP contribution in [0.15, 0.2) is 72.3 Å². The van der Waals surface area contributed by atoms with Gasteiger partial charge in [-0.1, -0.05) is 41.1 Å². The third-order valence-corrected chi connectivity index (χ3v) is 6.96. The van der Waals surface area contributed by atoms with E-state index in [1.807, 2.05) is 25.1 Å². The highest BCUT2D eigenvalue weighted by atomic mass is 35.5. The number of Topliss-reactive ketones (excluding diaryl/α,β-unsaturated/α-hetero) is 1. The fourth-order valence-corrected chi connectivity index (χ4v) is 5.34. The van der Waals surface area contributed by atoms with Crippen LogP contribution < -0.4 is 9.64 Å². The van der Waals surface area contributed by atoms with Crippen LogP contribution in [0.5, 0.6) is 5.75 Å². The number of hydrogen-bond donors (Lipinski definition) is 1. The SMILES string of the molecule is COc1ccc(C(O)=C2C(=O)C(=O)N(c3nc4ccc(C)cc4s3)[C@@H]2c2cccc(Cl)c2)cc1. The summed E-state index contributed by atoms with van der Waals surface area (Å²) in [7, 11) is 1.54. The lowest BCUT2D eigenvalue weighted by Crippen LogP contribution is -2.29. The molecule has 4 aromatic rings. The molecule has 1 saturated heterocycles. The van der Waals surface area contributed by atoms with Crippen molar-refractivity contribution in [1.29, 1.82) is 0 Å². The lowest BCUT2D eigenvalue weighted by atomic mass is 9.95. The number of thiazole rings is 1. The van der Waals surface area contributed by atoms with Crippen LogP contribution in [0.2, 0.25) is 5.02 Å². The van der Waals surface area contributed by atoms with Crippen molar-refractivity contribution in [3.05, 3.63) is 94.0 Å². The number of methoxy groups -OCH3 is 1. The standard InChI is InChI=1S/C26H19ClN2O4S/c1-14-6-11-19-20(12-14)34-26(28-19)29-22(16-4-3-5-17(27)13-16)21(24(31)25(29)32)23(30)15-7-9-18(33-2)10-8-15/h3-13,22,30H,1-2H3/t22-/m1/s1. The molecule has 0 aliphatic carbocycles. The summed E-state index contributed by atoms with van der Waals surface area (Å²) >= 11 is 7.57. The zero-order chi connectivity index (χ0) is 24.0. The summed E-state index contributed by atoms with van der Waals surface area (Å²) in [6, 6.07) is 18.5. The Morgan fingerprint density at radius 3 is 2.56 bits per heavy atom. The molecule has 1 atom stereocenters. The Hall–Kier alpha value is -3.68. The molecule has 0 radical (unpaired) electrons. The molecule has 1 aliphatic heterocycles. The van der Waals surface area contributed by atoms with Crippen LogP contribution in [0.25, 0.3) is 16.0 Å². The Labute approximate surface area is 204 Å². The predicted molar refractivity (Wildman–Crippen MR) is 134 cm³/mol. The van der Waals surface area contributed by atoms with Gasteiger partial charge in [-0.25, -0.2) is 4.98 Å². The van der Waals surface area contributed by atoms with Gasteiger partial charge in [0.05, 0.1) is 28.9 Å². The van der Waals surface area contributed by atoms with Crippen LogP contribution in [-0.2, 0) is 9.59 Å². The lowest BCUT2D eigenvalue weighted by Gasteiger charge is -2.23. The highest BCUT2D eigenvalue weighted by Gasteiger charge is 2.48. The van der Waals surface area contributed by atoms with Gasteiger partial charge in [0, 0.05) is 10.6 Å². The number of ether oxygens (including phenoxy) is 1. The van der Waals surface area contributed by atoms with Gasteiger partial charge in [-0.05, 0) is 66.6 Å². The van der Waals surface area contributed by atoms with E-state index < -0.39 is 17.7 Å². The number of carbonyl (C=O) groups excluding carboxylic acids is 2. The van der Waals surface area contributed by atoms with E-state index in [-0.39, 0.29) is 11.3 Å². The number of fused-ring (bicyclic) bond motifs is 1. The number of benzene rings is 3. The number of anilines is 1. The fraction of sp³-hybridized carbons (Fsp3) is 0.115. The predicted octanol–water partition coefficient (Wildman–Crippen LogP) is 5.89. The van der Waals surface area contributed by atoms with E-state index >= 15 is 0 Å². The summed E-state index contributed by atoms with van der Waals surface area (Å²) in [6.07, 6.45) is 0. The first-order valence-electron chi connectivity index (χ1n) is 10.5. The maximum atomic E-state index is 13.3. The van der Waals surface area contributed by atoms with Crippen molar-refractivity contribution in [2.45, 2.75) is 13.0 Å². The molecular weight excluding hydrogens is 472 g/mol. The second-order valence-corrected chi connectivity index (χ2v) is 9.37. The van der Waals surface area contributed by atoms with Crippen LogP contribution >= 0.6 is 22.9 Å².